The second-order valence-corrected chi connectivity index (χ2v) is 5.63. The molecule has 1 aliphatic heterocycles. The van der Waals surface area contributed by atoms with Crippen LogP contribution in [-0.4, -0.2) is 45.3 Å². The van der Waals surface area contributed by atoms with Gasteiger partial charge >= 0.3 is 5.97 Å². The Kier molecular flexibility index (Phi) is 4.24. The minimum atomic E-state index is -1.09. The molecule has 0 spiro atoms. The highest BCUT2D eigenvalue weighted by atomic mass is 16.5. The standard InChI is InChI=1S/C17H19N3O4/c1-3-13-14(17(22)23)18-20-9-8-19(16(21)15(13)20)10-11-4-6-12(24-2)7-5-11/h4-7H,3,8-10H2,1-2H3,(H,22,23). The summed E-state index contributed by atoms with van der Waals surface area (Å²) in [6.45, 7) is 3.30. The fourth-order valence-corrected chi connectivity index (χ4v) is 2.98. The van der Waals surface area contributed by atoms with Gasteiger partial charge in [0, 0.05) is 18.7 Å². The molecule has 2 heterocycles. The first-order valence-electron chi connectivity index (χ1n) is 7.80. The maximum Gasteiger partial charge on any atom is 0.356 e. The summed E-state index contributed by atoms with van der Waals surface area (Å²) in [5.74, 6) is -0.502. The van der Waals surface area contributed by atoms with Crippen LogP contribution in [0.4, 0.5) is 0 Å². The Morgan fingerprint density at radius 2 is 2.00 bits per heavy atom. The number of aromatic carboxylic acids is 1. The van der Waals surface area contributed by atoms with Gasteiger partial charge in [-0.25, -0.2) is 4.79 Å². The molecule has 0 saturated heterocycles. The first-order chi connectivity index (χ1) is 11.5. The molecule has 3 rings (SSSR count). The van der Waals surface area contributed by atoms with Gasteiger partial charge in [-0.3, -0.25) is 9.48 Å². The minimum absolute atomic E-state index is 0.0212. The van der Waals surface area contributed by atoms with E-state index in [9.17, 15) is 14.7 Å². The van der Waals surface area contributed by atoms with Gasteiger partial charge < -0.3 is 14.7 Å². The third-order valence-electron chi connectivity index (χ3n) is 4.21. The van der Waals surface area contributed by atoms with E-state index >= 15 is 0 Å². The van der Waals surface area contributed by atoms with Crippen molar-refractivity contribution in [2.24, 2.45) is 0 Å². The van der Waals surface area contributed by atoms with E-state index in [1.54, 1.807) is 12.0 Å². The van der Waals surface area contributed by atoms with Crippen molar-refractivity contribution in [1.82, 2.24) is 14.7 Å². The maximum absolute atomic E-state index is 12.8. The summed E-state index contributed by atoms with van der Waals surface area (Å²) in [4.78, 5) is 25.9. The van der Waals surface area contributed by atoms with E-state index in [0.717, 1.165) is 11.3 Å². The lowest BCUT2D eigenvalue weighted by Gasteiger charge is -2.28. The number of carbonyl (C=O) groups is 2. The monoisotopic (exact) mass is 329 g/mol. The molecule has 1 amide bonds. The molecule has 0 saturated carbocycles. The second kappa shape index (κ2) is 6.35. The third-order valence-corrected chi connectivity index (χ3v) is 4.21. The van der Waals surface area contributed by atoms with E-state index < -0.39 is 5.97 Å². The second-order valence-electron chi connectivity index (χ2n) is 5.63. The van der Waals surface area contributed by atoms with E-state index in [1.807, 2.05) is 31.2 Å². The predicted octanol–water partition coefficient (Wildman–Crippen LogP) is 1.81. The number of carbonyl (C=O) groups excluding carboxylic acids is 1. The van der Waals surface area contributed by atoms with E-state index in [0.29, 0.717) is 37.3 Å². The number of rotatable bonds is 5. The lowest BCUT2D eigenvalue weighted by atomic mass is 10.1. The van der Waals surface area contributed by atoms with E-state index in [2.05, 4.69) is 5.10 Å². The van der Waals surface area contributed by atoms with Crippen molar-refractivity contribution in [1.29, 1.82) is 0 Å². The number of hydrogen-bond acceptors (Lipinski definition) is 4. The number of amides is 1. The molecule has 7 nitrogen and oxygen atoms in total. The molecule has 0 aliphatic carbocycles. The SMILES string of the molecule is CCc1c(C(=O)O)nn2c1C(=O)N(Cc1ccc(OC)cc1)CC2. The zero-order valence-electron chi connectivity index (χ0n) is 13.7. The van der Waals surface area contributed by atoms with Crippen LogP contribution in [0, 0.1) is 0 Å². The van der Waals surface area contributed by atoms with Crippen LogP contribution in [-0.2, 0) is 19.5 Å². The average Bonchev–Trinajstić information content (AvgIpc) is 2.98. The average molecular weight is 329 g/mol. The lowest BCUT2D eigenvalue weighted by molar-refractivity contribution is 0.0670. The van der Waals surface area contributed by atoms with Crippen LogP contribution in [0.5, 0.6) is 5.75 Å². The van der Waals surface area contributed by atoms with Gasteiger partial charge in [-0.1, -0.05) is 19.1 Å². The number of nitrogens with zero attached hydrogens (tertiary/aromatic N) is 3. The Bertz CT molecular complexity index is 780. The molecule has 1 aromatic heterocycles. The molecule has 0 fully saturated rings. The van der Waals surface area contributed by atoms with Crippen LogP contribution in [0.25, 0.3) is 0 Å². The molecule has 1 N–H and O–H groups in total. The smallest absolute Gasteiger partial charge is 0.356 e. The van der Waals surface area contributed by atoms with Gasteiger partial charge in [0.15, 0.2) is 5.69 Å². The molecular formula is C17H19N3O4. The molecular weight excluding hydrogens is 310 g/mol. The number of ether oxygens (including phenoxy) is 1. The molecule has 24 heavy (non-hydrogen) atoms. The normalized spacial score (nSPS) is 13.8. The van der Waals surface area contributed by atoms with Gasteiger partial charge in [-0.2, -0.15) is 5.10 Å². The van der Waals surface area contributed by atoms with Crippen molar-refractivity contribution < 1.29 is 19.4 Å². The molecule has 2 aromatic rings. The quantitative estimate of drug-likeness (QED) is 0.904. The van der Waals surface area contributed by atoms with Crippen LogP contribution < -0.4 is 4.74 Å². The fraction of sp³-hybridized carbons (Fsp3) is 0.353. The summed E-state index contributed by atoms with van der Waals surface area (Å²) < 4.78 is 6.66. The molecule has 1 aliphatic rings. The topological polar surface area (TPSA) is 84.7 Å². The molecule has 7 heteroatoms. The van der Waals surface area contributed by atoms with Gasteiger partial charge in [0.2, 0.25) is 0 Å². The molecule has 0 radical (unpaired) electrons. The Morgan fingerprint density at radius 1 is 1.29 bits per heavy atom. The van der Waals surface area contributed by atoms with Crippen LogP contribution in [0.15, 0.2) is 24.3 Å². The molecule has 0 bridgehead atoms. The van der Waals surface area contributed by atoms with Crippen LogP contribution >= 0.6 is 0 Å². The number of fused-ring (bicyclic) bond motifs is 1. The Balaban J connectivity index is 1.87. The van der Waals surface area contributed by atoms with E-state index in [1.165, 1.54) is 4.68 Å². The predicted molar refractivity (Wildman–Crippen MR) is 86.3 cm³/mol. The van der Waals surface area contributed by atoms with Crippen molar-refractivity contribution in [3.8, 4) is 5.75 Å². The van der Waals surface area contributed by atoms with Gasteiger partial charge in [0.05, 0.1) is 13.7 Å². The van der Waals surface area contributed by atoms with Gasteiger partial charge in [0.1, 0.15) is 11.4 Å². The highest BCUT2D eigenvalue weighted by Gasteiger charge is 2.32. The summed E-state index contributed by atoms with van der Waals surface area (Å²) in [7, 11) is 1.61. The van der Waals surface area contributed by atoms with Crippen molar-refractivity contribution in [3.05, 3.63) is 46.8 Å². The van der Waals surface area contributed by atoms with Crippen LogP contribution in [0.2, 0.25) is 0 Å². The van der Waals surface area contributed by atoms with Gasteiger partial charge in [-0.05, 0) is 24.1 Å². The lowest BCUT2D eigenvalue weighted by Crippen LogP contribution is -2.40. The highest BCUT2D eigenvalue weighted by molar-refractivity contribution is 5.98. The first-order valence-corrected chi connectivity index (χ1v) is 7.80. The van der Waals surface area contributed by atoms with Crippen molar-refractivity contribution in [3.63, 3.8) is 0 Å². The fourth-order valence-electron chi connectivity index (χ4n) is 2.98. The molecule has 0 unspecified atom stereocenters. The van der Waals surface area contributed by atoms with E-state index in [-0.39, 0.29) is 11.6 Å². The minimum Gasteiger partial charge on any atom is -0.497 e. The summed E-state index contributed by atoms with van der Waals surface area (Å²) >= 11 is 0. The number of methoxy groups -OCH3 is 1. The Hall–Kier alpha value is -2.83. The van der Waals surface area contributed by atoms with E-state index in [4.69, 9.17) is 4.74 Å². The summed E-state index contributed by atoms with van der Waals surface area (Å²) in [5.41, 5.74) is 1.88. The van der Waals surface area contributed by atoms with Gasteiger partial charge in [0.25, 0.3) is 5.91 Å². The van der Waals surface area contributed by atoms with Gasteiger partial charge in [-0.15, -0.1) is 0 Å². The molecule has 1 aromatic carbocycles. The highest BCUT2D eigenvalue weighted by Crippen LogP contribution is 2.23. The first kappa shape index (κ1) is 16.0. The zero-order valence-corrected chi connectivity index (χ0v) is 13.7. The number of benzene rings is 1. The number of hydrogen-bond donors (Lipinski definition) is 1. The molecule has 126 valence electrons. The molecule has 0 atom stereocenters. The van der Waals surface area contributed by atoms with Crippen LogP contribution in [0.3, 0.4) is 0 Å². The van der Waals surface area contributed by atoms with Crippen molar-refractivity contribution in [2.45, 2.75) is 26.4 Å². The number of carboxylic acids is 1. The van der Waals surface area contributed by atoms with Crippen LogP contribution in [0.1, 0.15) is 39.0 Å². The van der Waals surface area contributed by atoms with Crippen molar-refractivity contribution in [2.75, 3.05) is 13.7 Å². The Morgan fingerprint density at radius 3 is 2.58 bits per heavy atom. The largest absolute Gasteiger partial charge is 0.497 e. The number of carboxylic acid groups (broad SMARTS) is 1. The summed E-state index contributed by atoms with van der Waals surface area (Å²) in [6.07, 6.45) is 0.457. The Labute approximate surface area is 139 Å². The van der Waals surface area contributed by atoms with Crippen molar-refractivity contribution >= 4 is 11.9 Å². The summed E-state index contributed by atoms with van der Waals surface area (Å²) in [6, 6.07) is 7.55. The number of aromatic nitrogens is 2. The maximum atomic E-state index is 12.8. The third kappa shape index (κ3) is 2.73. The summed E-state index contributed by atoms with van der Waals surface area (Å²) in [5, 5.41) is 13.4. The zero-order chi connectivity index (χ0) is 17.3.